The van der Waals surface area contributed by atoms with Gasteiger partial charge in [0.25, 0.3) is 0 Å². The number of carbonyl (C=O) groups is 1. The molecule has 0 saturated carbocycles. The molecule has 1 aromatic heterocycles. The molecular weight excluding hydrogens is 382 g/mol. The number of amides is 2. The van der Waals surface area contributed by atoms with Crippen molar-refractivity contribution in [1.82, 2.24) is 15.2 Å². The van der Waals surface area contributed by atoms with Gasteiger partial charge in [-0.1, -0.05) is 18.5 Å². The van der Waals surface area contributed by atoms with Crippen LogP contribution in [0, 0.1) is 0 Å². The van der Waals surface area contributed by atoms with Crippen molar-refractivity contribution in [3.8, 4) is 5.75 Å². The molecular formula is C20H28ClN3O2S. The minimum Gasteiger partial charge on any atom is -0.486 e. The Morgan fingerprint density at radius 3 is 2.59 bits per heavy atom. The van der Waals surface area contributed by atoms with Gasteiger partial charge in [0.15, 0.2) is 0 Å². The first-order chi connectivity index (χ1) is 12.7. The average molecular weight is 410 g/mol. The van der Waals surface area contributed by atoms with Crippen molar-refractivity contribution >= 4 is 29.0 Å². The van der Waals surface area contributed by atoms with Gasteiger partial charge in [-0.25, -0.2) is 9.78 Å². The fourth-order valence-corrected chi connectivity index (χ4v) is 3.20. The van der Waals surface area contributed by atoms with Crippen LogP contribution in [0.2, 0.25) is 5.02 Å². The number of hydrogen-bond donors (Lipinski definition) is 1. The van der Waals surface area contributed by atoms with Crippen molar-refractivity contribution in [3.63, 3.8) is 0 Å². The van der Waals surface area contributed by atoms with Crippen LogP contribution >= 0.6 is 22.9 Å². The van der Waals surface area contributed by atoms with Gasteiger partial charge in [-0.05, 0) is 58.4 Å². The summed E-state index contributed by atoms with van der Waals surface area (Å²) in [5, 5.41) is 6.58. The Labute approximate surface area is 170 Å². The lowest BCUT2D eigenvalue weighted by Crippen LogP contribution is -2.50. The molecule has 0 aliphatic rings. The van der Waals surface area contributed by atoms with Gasteiger partial charge in [0.2, 0.25) is 0 Å². The maximum absolute atomic E-state index is 12.7. The molecule has 0 radical (unpaired) electrons. The first-order valence-corrected chi connectivity index (χ1v) is 10.3. The predicted molar refractivity (Wildman–Crippen MR) is 111 cm³/mol. The highest BCUT2D eigenvalue weighted by atomic mass is 35.5. The molecule has 5 nitrogen and oxygen atoms in total. The largest absolute Gasteiger partial charge is 0.486 e. The van der Waals surface area contributed by atoms with E-state index in [4.69, 9.17) is 16.3 Å². The molecule has 1 heterocycles. The molecule has 0 saturated heterocycles. The van der Waals surface area contributed by atoms with Crippen molar-refractivity contribution in [2.24, 2.45) is 0 Å². The minimum atomic E-state index is -0.275. The smallest absolute Gasteiger partial charge is 0.318 e. The predicted octanol–water partition coefficient (Wildman–Crippen LogP) is 5.48. The van der Waals surface area contributed by atoms with Crippen LogP contribution in [0.3, 0.4) is 0 Å². The molecule has 2 amide bonds. The van der Waals surface area contributed by atoms with Gasteiger partial charge in [0.05, 0.1) is 12.2 Å². The second-order valence-corrected chi connectivity index (χ2v) is 8.92. The number of nitrogens with zero attached hydrogens (tertiary/aromatic N) is 2. The van der Waals surface area contributed by atoms with Crippen LogP contribution in [0.1, 0.15) is 51.7 Å². The fraction of sp³-hybridized carbons (Fsp3) is 0.500. The highest BCUT2D eigenvalue weighted by Crippen LogP contribution is 2.19. The normalized spacial score (nSPS) is 12.5. The number of halogens is 1. The van der Waals surface area contributed by atoms with E-state index in [1.807, 2.05) is 43.2 Å². The zero-order chi connectivity index (χ0) is 20.0. The van der Waals surface area contributed by atoms with E-state index in [2.05, 4.69) is 24.1 Å². The third-order valence-electron chi connectivity index (χ3n) is 3.97. The molecule has 0 bridgehead atoms. The van der Waals surface area contributed by atoms with Gasteiger partial charge in [0, 0.05) is 22.0 Å². The van der Waals surface area contributed by atoms with E-state index in [-0.39, 0.29) is 17.6 Å². The van der Waals surface area contributed by atoms with Crippen LogP contribution in [0.15, 0.2) is 29.6 Å². The summed E-state index contributed by atoms with van der Waals surface area (Å²) in [7, 11) is 0. The first kappa shape index (κ1) is 21.5. The van der Waals surface area contributed by atoms with Crippen LogP contribution in [-0.4, -0.2) is 27.5 Å². The Morgan fingerprint density at radius 2 is 2.00 bits per heavy atom. The molecule has 1 N–H and O–H groups in total. The van der Waals surface area contributed by atoms with Gasteiger partial charge in [0.1, 0.15) is 17.4 Å². The zero-order valence-corrected chi connectivity index (χ0v) is 18.2. The SMILES string of the molecule is CCC(C)N(Cc1csc(COc2ccc(Cl)cc2)n1)C(=O)NC(C)(C)C. The summed E-state index contributed by atoms with van der Waals surface area (Å²) in [5.74, 6) is 0.752. The fourth-order valence-electron chi connectivity index (χ4n) is 2.38. The number of carbonyl (C=O) groups excluding carboxylic acids is 1. The molecule has 7 heteroatoms. The summed E-state index contributed by atoms with van der Waals surface area (Å²) in [6, 6.07) is 7.31. The highest BCUT2D eigenvalue weighted by molar-refractivity contribution is 7.09. The Bertz CT molecular complexity index is 740. The molecule has 1 atom stereocenters. The lowest BCUT2D eigenvalue weighted by molar-refractivity contribution is 0.164. The third-order valence-corrected chi connectivity index (χ3v) is 5.10. The zero-order valence-electron chi connectivity index (χ0n) is 16.6. The summed E-state index contributed by atoms with van der Waals surface area (Å²) in [5.41, 5.74) is 0.599. The van der Waals surface area contributed by atoms with Gasteiger partial charge in [-0.2, -0.15) is 0 Å². The van der Waals surface area contributed by atoms with E-state index in [0.717, 1.165) is 22.9 Å². The van der Waals surface area contributed by atoms with Crippen molar-refractivity contribution in [1.29, 1.82) is 0 Å². The molecule has 2 aromatic rings. The van der Waals surface area contributed by atoms with Crippen molar-refractivity contribution < 1.29 is 9.53 Å². The standard InChI is InChI=1S/C20H28ClN3O2S/c1-6-14(2)24(19(25)23-20(3,4)5)11-16-13-27-18(22-16)12-26-17-9-7-15(21)8-10-17/h7-10,13-14H,6,11-12H2,1-5H3,(H,23,25). The molecule has 1 unspecified atom stereocenters. The van der Waals surface area contributed by atoms with E-state index in [9.17, 15) is 4.79 Å². The van der Waals surface area contributed by atoms with E-state index in [1.54, 1.807) is 12.1 Å². The topological polar surface area (TPSA) is 54.5 Å². The molecule has 0 aliphatic carbocycles. The lowest BCUT2D eigenvalue weighted by Gasteiger charge is -2.32. The van der Waals surface area contributed by atoms with Crippen LogP contribution < -0.4 is 10.1 Å². The van der Waals surface area contributed by atoms with Crippen LogP contribution in [0.4, 0.5) is 4.79 Å². The van der Waals surface area contributed by atoms with Crippen molar-refractivity contribution in [3.05, 3.63) is 45.4 Å². The lowest BCUT2D eigenvalue weighted by atomic mass is 10.1. The number of benzene rings is 1. The van der Waals surface area contributed by atoms with Crippen molar-refractivity contribution in [2.45, 2.75) is 65.8 Å². The quantitative estimate of drug-likeness (QED) is 0.658. The third kappa shape index (κ3) is 7.03. The Kier molecular flexibility index (Phi) is 7.50. The van der Waals surface area contributed by atoms with Crippen LogP contribution in [-0.2, 0) is 13.2 Å². The number of aromatic nitrogens is 1. The molecule has 0 spiro atoms. The molecule has 1 aromatic carbocycles. The average Bonchev–Trinajstić information content (AvgIpc) is 3.04. The highest BCUT2D eigenvalue weighted by Gasteiger charge is 2.24. The second-order valence-electron chi connectivity index (χ2n) is 7.54. The summed E-state index contributed by atoms with van der Waals surface area (Å²) < 4.78 is 5.74. The van der Waals surface area contributed by atoms with E-state index in [0.29, 0.717) is 18.2 Å². The number of rotatable bonds is 7. The molecule has 27 heavy (non-hydrogen) atoms. The van der Waals surface area contributed by atoms with E-state index in [1.165, 1.54) is 11.3 Å². The van der Waals surface area contributed by atoms with Crippen LogP contribution in [0.5, 0.6) is 5.75 Å². The molecule has 148 valence electrons. The number of hydrogen-bond acceptors (Lipinski definition) is 4. The number of urea groups is 1. The summed E-state index contributed by atoms with van der Waals surface area (Å²) >= 11 is 7.42. The summed E-state index contributed by atoms with van der Waals surface area (Å²) in [6.45, 7) is 10.9. The maximum atomic E-state index is 12.7. The Hall–Kier alpha value is -1.79. The number of ether oxygens (including phenoxy) is 1. The Balaban J connectivity index is 1.99. The van der Waals surface area contributed by atoms with Crippen molar-refractivity contribution in [2.75, 3.05) is 0 Å². The Morgan fingerprint density at radius 1 is 1.33 bits per heavy atom. The molecule has 2 rings (SSSR count). The van der Waals surface area contributed by atoms with Gasteiger partial charge in [-0.3, -0.25) is 0 Å². The number of thiazole rings is 1. The second kappa shape index (κ2) is 9.42. The van der Waals surface area contributed by atoms with E-state index < -0.39 is 0 Å². The van der Waals surface area contributed by atoms with Gasteiger partial charge in [-0.15, -0.1) is 11.3 Å². The number of nitrogens with one attached hydrogen (secondary N) is 1. The van der Waals surface area contributed by atoms with E-state index >= 15 is 0 Å². The monoisotopic (exact) mass is 409 g/mol. The van der Waals surface area contributed by atoms with Crippen LogP contribution in [0.25, 0.3) is 0 Å². The summed E-state index contributed by atoms with van der Waals surface area (Å²) in [6.07, 6.45) is 0.883. The minimum absolute atomic E-state index is 0.0659. The molecule has 0 fully saturated rings. The van der Waals surface area contributed by atoms with Gasteiger partial charge < -0.3 is 15.0 Å². The maximum Gasteiger partial charge on any atom is 0.318 e. The molecule has 0 aliphatic heterocycles. The van der Waals surface area contributed by atoms with Gasteiger partial charge >= 0.3 is 6.03 Å². The summed E-state index contributed by atoms with van der Waals surface area (Å²) in [4.78, 5) is 19.1. The first-order valence-electron chi connectivity index (χ1n) is 9.08.